The third kappa shape index (κ3) is 4.46. The summed E-state index contributed by atoms with van der Waals surface area (Å²) in [6.07, 6.45) is 13.6. The fraction of sp³-hybridized carbons (Fsp3) is 0.619. The van der Waals surface area contributed by atoms with Gasteiger partial charge in [0.1, 0.15) is 0 Å². The van der Waals surface area contributed by atoms with Gasteiger partial charge in [0.05, 0.1) is 0 Å². The summed E-state index contributed by atoms with van der Waals surface area (Å²) < 4.78 is 0. The molecular formula is C21H31N. The van der Waals surface area contributed by atoms with Gasteiger partial charge in [0.2, 0.25) is 0 Å². The maximum Gasteiger partial charge on any atom is 0.0193 e. The summed E-state index contributed by atoms with van der Waals surface area (Å²) in [5.74, 6) is 0.821. The van der Waals surface area contributed by atoms with Crippen molar-refractivity contribution in [2.75, 3.05) is 19.6 Å². The van der Waals surface area contributed by atoms with E-state index in [-0.39, 0.29) is 0 Å². The topological polar surface area (TPSA) is 3.24 Å². The van der Waals surface area contributed by atoms with E-state index in [1.54, 1.807) is 5.56 Å². The minimum absolute atomic E-state index is 0.821. The standard InChI is InChI=1S/C21H31N/c1-18(17-22-14-6-3-7-15-22)16-19-10-12-21(13-11-19)20-8-4-2-5-9-20/h10-13,16,20H,2-9,14-15,17H2,1H3. The van der Waals surface area contributed by atoms with Crippen LogP contribution in [-0.4, -0.2) is 24.5 Å². The molecule has 1 nitrogen and oxygen atoms in total. The van der Waals surface area contributed by atoms with Crippen molar-refractivity contribution in [3.8, 4) is 0 Å². The van der Waals surface area contributed by atoms with Crippen molar-refractivity contribution in [1.82, 2.24) is 4.90 Å². The van der Waals surface area contributed by atoms with E-state index in [4.69, 9.17) is 0 Å². The molecule has 1 heterocycles. The maximum absolute atomic E-state index is 2.60. The molecule has 0 radical (unpaired) electrons. The van der Waals surface area contributed by atoms with Gasteiger partial charge in [-0.3, -0.25) is 4.90 Å². The van der Waals surface area contributed by atoms with Gasteiger partial charge in [-0.1, -0.05) is 61.6 Å². The largest absolute Gasteiger partial charge is 0.299 e. The third-order valence-corrected chi connectivity index (χ3v) is 5.35. The zero-order chi connectivity index (χ0) is 15.2. The normalized spacial score (nSPS) is 22.0. The molecule has 1 aliphatic carbocycles. The van der Waals surface area contributed by atoms with E-state index in [0.717, 1.165) is 12.5 Å². The monoisotopic (exact) mass is 297 g/mol. The molecule has 1 heteroatoms. The first kappa shape index (κ1) is 15.8. The molecule has 1 saturated carbocycles. The van der Waals surface area contributed by atoms with Crippen molar-refractivity contribution in [2.45, 2.75) is 64.2 Å². The highest BCUT2D eigenvalue weighted by atomic mass is 15.1. The lowest BCUT2D eigenvalue weighted by Gasteiger charge is -2.26. The van der Waals surface area contributed by atoms with Crippen molar-refractivity contribution in [1.29, 1.82) is 0 Å². The van der Waals surface area contributed by atoms with E-state index >= 15 is 0 Å². The Bertz CT molecular complexity index is 473. The molecule has 0 N–H and O–H groups in total. The van der Waals surface area contributed by atoms with Crippen molar-refractivity contribution < 1.29 is 0 Å². The van der Waals surface area contributed by atoms with Crippen molar-refractivity contribution >= 4 is 6.08 Å². The Labute approximate surface area is 136 Å². The molecule has 2 aliphatic rings. The Hall–Kier alpha value is -1.08. The number of piperidine rings is 1. The Balaban J connectivity index is 1.58. The molecule has 120 valence electrons. The number of hydrogen-bond donors (Lipinski definition) is 0. The maximum atomic E-state index is 2.60. The Morgan fingerprint density at radius 1 is 0.955 bits per heavy atom. The second kappa shape index (κ2) is 7.97. The molecule has 1 aliphatic heterocycles. The summed E-state index contributed by atoms with van der Waals surface area (Å²) in [6, 6.07) is 9.39. The molecule has 2 fully saturated rings. The lowest BCUT2D eigenvalue weighted by atomic mass is 9.84. The lowest BCUT2D eigenvalue weighted by molar-refractivity contribution is 0.247. The smallest absolute Gasteiger partial charge is 0.0193 e. The van der Waals surface area contributed by atoms with Crippen LogP contribution in [-0.2, 0) is 0 Å². The number of likely N-dealkylation sites (tertiary alicyclic amines) is 1. The lowest BCUT2D eigenvalue weighted by Crippen LogP contribution is -2.30. The molecule has 1 saturated heterocycles. The second-order valence-corrected chi connectivity index (χ2v) is 7.33. The molecule has 22 heavy (non-hydrogen) atoms. The van der Waals surface area contributed by atoms with Crippen LogP contribution in [0.4, 0.5) is 0 Å². The molecule has 0 bridgehead atoms. The fourth-order valence-electron chi connectivity index (χ4n) is 4.10. The molecule has 0 atom stereocenters. The van der Waals surface area contributed by atoms with E-state index < -0.39 is 0 Å². The second-order valence-electron chi connectivity index (χ2n) is 7.33. The summed E-state index contributed by atoms with van der Waals surface area (Å²) in [7, 11) is 0. The average molecular weight is 297 g/mol. The van der Waals surface area contributed by atoms with Gasteiger partial charge in [-0.2, -0.15) is 0 Å². The summed E-state index contributed by atoms with van der Waals surface area (Å²) in [5.41, 5.74) is 4.42. The predicted molar refractivity (Wildman–Crippen MR) is 96.2 cm³/mol. The van der Waals surface area contributed by atoms with Crippen LogP contribution in [0.1, 0.15) is 75.3 Å². The van der Waals surface area contributed by atoms with Gasteiger partial charge in [0, 0.05) is 6.54 Å². The van der Waals surface area contributed by atoms with Gasteiger partial charge in [-0.15, -0.1) is 0 Å². The summed E-state index contributed by atoms with van der Waals surface area (Å²) in [5, 5.41) is 0. The van der Waals surface area contributed by atoms with Crippen LogP contribution >= 0.6 is 0 Å². The molecule has 0 amide bonds. The molecule has 0 spiro atoms. The number of benzene rings is 1. The molecule has 0 unspecified atom stereocenters. The summed E-state index contributed by atoms with van der Waals surface area (Å²) in [4.78, 5) is 2.60. The van der Waals surface area contributed by atoms with Crippen LogP contribution in [0.15, 0.2) is 29.8 Å². The SMILES string of the molecule is CC(=Cc1ccc(C2CCCCC2)cc1)CN1CCCCC1. The van der Waals surface area contributed by atoms with Crippen LogP contribution < -0.4 is 0 Å². The highest BCUT2D eigenvalue weighted by molar-refractivity contribution is 5.53. The minimum atomic E-state index is 0.821. The van der Waals surface area contributed by atoms with E-state index in [9.17, 15) is 0 Å². The van der Waals surface area contributed by atoms with Gasteiger partial charge in [-0.05, 0) is 62.7 Å². The van der Waals surface area contributed by atoms with Crippen molar-refractivity contribution in [3.05, 3.63) is 41.0 Å². The van der Waals surface area contributed by atoms with Crippen molar-refractivity contribution in [2.24, 2.45) is 0 Å². The van der Waals surface area contributed by atoms with Gasteiger partial charge in [0.15, 0.2) is 0 Å². The number of nitrogens with zero attached hydrogens (tertiary/aromatic N) is 1. The number of hydrogen-bond acceptors (Lipinski definition) is 1. The van der Waals surface area contributed by atoms with Crippen LogP contribution in [0.25, 0.3) is 6.08 Å². The Kier molecular flexibility index (Phi) is 5.72. The first-order chi connectivity index (χ1) is 10.8. The van der Waals surface area contributed by atoms with Crippen LogP contribution in [0.5, 0.6) is 0 Å². The average Bonchev–Trinajstić information content (AvgIpc) is 2.57. The summed E-state index contributed by atoms with van der Waals surface area (Å²) in [6.45, 7) is 5.99. The number of rotatable bonds is 4. The third-order valence-electron chi connectivity index (χ3n) is 5.35. The van der Waals surface area contributed by atoms with E-state index in [0.29, 0.717) is 0 Å². The van der Waals surface area contributed by atoms with Crippen LogP contribution in [0.2, 0.25) is 0 Å². The van der Waals surface area contributed by atoms with Gasteiger partial charge in [-0.25, -0.2) is 0 Å². The predicted octanol–water partition coefficient (Wildman–Crippen LogP) is 5.62. The quantitative estimate of drug-likeness (QED) is 0.697. The highest BCUT2D eigenvalue weighted by Gasteiger charge is 2.15. The van der Waals surface area contributed by atoms with Crippen molar-refractivity contribution in [3.63, 3.8) is 0 Å². The molecule has 1 aromatic rings. The van der Waals surface area contributed by atoms with Gasteiger partial charge >= 0.3 is 0 Å². The Morgan fingerprint density at radius 3 is 2.27 bits per heavy atom. The fourth-order valence-corrected chi connectivity index (χ4v) is 4.10. The van der Waals surface area contributed by atoms with E-state index in [1.807, 2.05) is 0 Å². The molecule has 3 rings (SSSR count). The first-order valence-electron chi connectivity index (χ1n) is 9.31. The highest BCUT2D eigenvalue weighted by Crippen LogP contribution is 2.32. The van der Waals surface area contributed by atoms with E-state index in [1.165, 1.54) is 75.6 Å². The Morgan fingerprint density at radius 2 is 1.59 bits per heavy atom. The van der Waals surface area contributed by atoms with Gasteiger partial charge in [0.25, 0.3) is 0 Å². The zero-order valence-electron chi connectivity index (χ0n) is 14.2. The zero-order valence-corrected chi connectivity index (χ0v) is 14.2. The van der Waals surface area contributed by atoms with E-state index in [2.05, 4.69) is 42.2 Å². The first-order valence-corrected chi connectivity index (χ1v) is 9.31. The van der Waals surface area contributed by atoms with Crippen LogP contribution in [0.3, 0.4) is 0 Å². The molecular weight excluding hydrogens is 266 g/mol. The van der Waals surface area contributed by atoms with Gasteiger partial charge < -0.3 is 0 Å². The molecule has 0 aromatic heterocycles. The summed E-state index contributed by atoms with van der Waals surface area (Å²) >= 11 is 0. The molecule has 1 aromatic carbocycles. The minimum Gasteiger partial charge on any atom is -0.299 e. The van der Waals surface area contributed by atoms with Crippen LogP contribution in [0, 0.1) is 0 Å².